The Hall–Kier alpha value is -2.71. The smallest absolute Gasteiger partial charge is 0.225 e. The van der Waals surface area contributed by atoms with Gasteiger partial charge < -0.3 is 0 Å². The summed E-state index contributed by atoms with van der Waals surface area (Å²) in [6.45, 7) is 3.24. The van der Waals surface area contributed by atoms with Crippen LogP contribution in [0.4, 0.5) is 9.52 Å². The third-order valence-electron chi connectivity index (χ3n) is 3.79. The van der Waals surface area contributed by atoms with E-state index < -0.39 is 0 Å². The number of aromatic nitrogens is 2. The van der Waals surface area contributed by atoms with Crippen molar-refractivity contribution in [1.29, 1.82) is 0 Å². The van der Waals surface area contributed by atoms with Crippen molar-refractivity contribution in [2.75, 3.05) is 11.9 Å². The van der Waals surface area contributed by atoms with Crippen LogP contribution in [0.2, 0.25) is 0 Å². The van der Waals surface area contributed by atoms with Gasteiger partial charge in [-0.3, -0.25) is 14.5 Å². The lowest BCUT2D eigenvalue weighted by Gasteiger charge is -2.09. The lowest BCUT2D eigenvalue weighted by Crippen LogP contribution is -2.22. The van der Waals surface area contributed by atoms with Crippen LogP contribution in [0.25, 0.3) is 16.6 Å². The van der Waals surface area contributed by atoms with Gasteiger partial charge in [0.15, 0.2) is 10.9 Å². The van der Waals surface area contributed by atoms with E-state index in [1.165, 1.54) is 52.7 Å². The minimum Gasteiger partial charge on any atom is -0.291 e. The molecule has 1 amide bonds. The Balaban J connectivity index is 1.77. The standard InChI is InChI=1S/C19H16FN3O2S2/c1-11-17(27-18(21-11)13-4-6-14(20)7-5-13)16(25)9-8-15-10-26-19(22-15)23(3)12(2)24/h4-10H,1-3H3/b9-8+. The number of rotatable bonds is 5. The summed E-state index contributed by atoms with van der Waals surface area (Å²) in [6.07, 6.45) is 3.06. The maximum atomic E-state index is 13.1. The number of halogens is 1. The fourth-order valence-electron chi connectivity index (χ4n) is 2.22. The van der Waals surface area contributed by atoms with Gasteiger partial charge in [-0.2, -0.15) is 0 Å². The van der Waals surface area contributed by atoms with Gasteiger partial charge in [0, 0.05) is 24.9 Å². The number of ketones is 1. The van der Waals surface area contributed by atoms with E-state index in [0.717, 1.165) is 5.56 Å². The molecule has 5 nitrogen and oxygen atoms in total. The number of benzene rings is 1. The van der Waals surface area contributed by atoms with Gasteiger partial charge in [0.1, 0.15) is 10.8 Å². The van der Waals surface area contributed by atoms with Crippen molar-refractivity contribution in [3.8, 4) is 10.6 Å². The molecule has 0 radical (unpaired) electrons. The summed E-state index contributed by atoms with van der Waals surface area (Å²) in [6, 6.07) is 6.01. The van der Waals surface area contributed by atoms with Crippen LogP contribution in [0.1, 0.15) is 28.0 Å². The molecule has 0 fully saturated rings. The molecule has 0 saturated heterocycles. The van der Waals surface area contributed by atoms with Gasteiger partial charge in [0.2, 0.25) is 5.91 Å². The predicted octanol–water partition coefficient (Wildman–Crippen LogP) is 4.59. The van der Waals surface area contributed by atoms with Crippen molar-refractivity contribution in [2.24, 2.45) is 0 Å². The largest absolute Gasteiger partial charge is 0.291 e. The number of nitrogens with zero attached hydrogens (tertiary/aromatic N) is 3. The van der Waals surface area contributed by atoms with Crippen LogP contribution in [0.5, 0.6) is 0 Å². The molecular weight excluding hydrogens is 385 g/mol. The number of hydrogen-bond donors (Lipinski definition) is 0. The number of amides is 1. The number of carbonyl (C=O) groups is 2. The highest BCUT2D eigenvalue weighted by molar-refractivity contribution is 7.17. The molecule has 1 aromatic carbocycles. The molecular formula is C19H16FN3O2S2. The first kappa shape index (κ1) is 19.1. The molecule has 0 spiro atoms. The Bertz CT molecular complexity index is 1020. The van der Waals surface area contributed by atoms with Gasteiger partial charge >= 0.3 is 0 Å². The van der Waals surface area contributed by atoms with E-state index in [-0.39, 0.29) is 17.5 Å². The summed E-state index contributed by atoms with van der Waals surface area (Å²) >= 11 is 2.60. The molecule has 138 valence electrons. The minimum atomic E-state index is -0.315. The summed E-state index contributed by atoms with van der Waals surface area (Å²) in [4.78, 5) is 34.6. The van der Waals surface area contributed by atoms with Crippen molar-refractivity contribution >= 4 is 45.6 Å². The monoisotopic (exact) mass is 401 g/mol. The first-order valence-electron chi connectivity index (χ1n) is 8.00. The zero-order valence-electron chi connectivity index (χ0n) is 14.9. The molecule has 2 aromatic heterocycles. The Morgan fingerprint density at radius 3 is 2.56 bits per heavy atom. The first-order chi connectivity index (χ1) is 12.8. The molecule has 0 atom stereocenters. The number of thiazole rings is 2. The Labute approximate surface area is 163 Å². The molecule has 0 bridgehead atoms. The number of carbonyl (C=O) groups excluding carboxylic acids is 2. The molecule has 3 aromatic rings. The van der Waals surface area contributed by atoms with E-state index in [0.29, 0.717) is 26.4 Å². The number of anilines is 1. The maximum absolute atomic E-state index is 13.1. The van der Waals surface area contributed by atoms with E-state index >= 15 is 0 Å². The normalized spacial score (nSPS) is 11.1. The van der Waals surface area contributed by atoms with Crippen molar-refractivity contribution in [1.82, 2.24) is 9.97 Å². The van der Waals surface area contributed by atoms with Crippen molar-refractivity contribution in [2.45, 2.75) is 13.8 Å². The second kappa shape index (κ2) is 7.89. The number of aryl methyl sites for hydroxylation is 1. The lowest BCUT2D eigenvalue weighted by molar-refractivity contribution is -0.116. The number of allylic oxidation sites excluding steroid dienone is 1. The fraction of sp³-hybridized carbons (Fsp3) is 0.158. The van der Waals surface area contributed by atoms with Crippen LogP contribution in [0.15, 0.2) is 35.7 Å². The number of hydrogen-bond acceptors (Lipinski definition) is 6. The van der Waals surface area contributed by atoms with Gasteiger partial charge in [-0.15, -0.1) is 22.7 Å². The third-order valence-corrected chi connectivity index (χ3v) is 5.94. The van der Waals surface area contributed by atoms with E-state index in [1.807, 2.05) is 0 Å². The summed E-state index contributed by atoms with van der Waals surface area (Å²) < 4.78 is 13.1. The Morgan fingerprint density at radius 1 is 1.19 bits per heavy atom. The quantitative estimate of drug-likeness (QED) is 0.463. The van der Waals surface area contributed by atoms with Crippen molar-refractivity contribution in [3.05, 3.63) is 57.8 Å². The molecule has 8 heteroatoms. The average Bonchev–Trinajstić information content (AvgIpc) is 3.26. The molecule has 27 heavy (non-hydrogen) atoms. The van der Waals surface area contributed by atoms with Crippen molar-refractivity contribution in [3.63, 3.8) is 0 Å². The highest BCUT2D eigenvalue weighted by Gasteiger charge is 2.15. The zero-order valence-corrected chi connectivity index (χ0v) is 16.5. The van der Waals surface area contributed by atoms with E-state index in [9.17, 15) is 14.0 Å². The fourth-order valence-corrected chi connectivity index (χ4v) is 4.01. The van der Waals surface area contributed by atoms with E-state index in [4.69, 9.17) is 0 Å². The highest BCUT2D eigenvalue weighted by atomic mass is 32.1. The van der Waals surface area contributed by atoms with E-state index in [1.54, 1.807) is 37.6 Å². The van der Waals surface area contributed by atoms with Crippen LogP contribution in [0, 0.1) is 12.7 Å². The van der Waals surface area contributed by atoms with Crippen LogP contribution in [0.3, 0.4) is 0 Å². The summed E-state index contributed by atoms with van der Waals surface area (Å²) in [5.74, 6) is -0.596. The van der Waals surface area contributed by atoms with Crippen molar-refractivity contribution < 1.29 is 14.0 Å². The van der Waals surface area contributed by atoms with Crippen LogP contribution in [-0.2, 0) is 4.79 Å². The van der Waals surface area contributed by atoms with Gasteiger partial charge in [-0.1, -0.05) is 0 Å². The summed E-state index contributed by atoms with van der Waals surface area (Å²) in [5.41, 5.74) is 2.01. The predicted molar refractivity (Wildman–Crippen MR) is 107 cm³/mol. The molecule has 0 unspecified atom stereocenters. The molecule has 3 rings (SSSR count). The van der Waals surface area contributed by atoms with Gasteiger partial charge in [0.05, 0.1) is 16.3 Å². The summed E-state index contributed by atoms with van der Waals surface area (Å²) in [5, 5.41) is 3.02. The Kier molecular flexibility index (Phi) is 5.57. The SMILES string of the molecule is CC(=O)N(C)c1nc(/C=C/C(=O)c2sc(-c3ccc(F)cc3)nc2C)cs1. The molecule has 0 aliphatic heterocycles. The molecule has 0 N–H and O–H groups in total. The van der Waals surface area contributed by atoms with Crippen LogP contribution in [-0.4, -0.2) is 28.7 Å². The maximum Gasteiger partial charge on any atom is 0.225 e. The zero-order chi connectivity index (χ0) is 19.6. The van der Waals surface area contributed by atoms with Gasteiger partial charge in [0.25, 0.3) is 0 Å². The Morgan fingerprint density at radius 2 is 1.89 bits per heavy atom. The molecule has 0 aliphatic rings. The second-order valence-corrected chi connectivity index (χ2v) is 7.61. The highest BCUT2D eigenvalue weighted by Crippen LogP contribution is 2.29. The van der Waals surface area contributed by atoms with Crippen LogP contribution < -0.4 is 4.90 Å². The van der Waals surface area contributed by atoms with E-state index in [2.05, 4.69) is 9.97 Å². The second-order valence-electron chi connectivity index (χ2n) is 5.77. The minimum absolute atomic E-state index is 0.107. The third kappa shape index (κ3) is 4.35. The molecule has 0 aliphatic carbocycles. The molecule has 2 heterocycles. The lowest BCUT2D eigenvalue weighted by atomic mass is 10.2. The van der Waals surface area contributed by atoms with Crippen LogP contribution >= 0.6 is 22.7 Å². The topological polar surface area (TPSA) is 63.2 Å². The van der Waals surface area contributed by atoms with Gasteiger partial charge in [-0.05, 0) is 43.3 Å². The summed E-state index contributed by atoms with van der Waals surface area (Å²) in [7, 11) is 1.65. The van der Waals surface area contributed by atoms with Gasteiger partial charge in [-0.25, -0.2) is 14.4 Å². The first-order valence-corrected chi connectivity index (χ1v) is 9.70. The average molecular weight is 401 g/mol. The molecule has 0 saturated carbocycles.